The van der Waals surface area contributed by atoms with Crippen molar-refractivity contribution in [1.82, 2.24) is 10.3 Å². The molecule has 1 aromatic rings. The van der Waals surface area contributed by atoms with Crippen LogP contribution in [0.4, 0.5) is 11.5 Å². The molecule has 0 radical (unpaired) electrons. The molecule has 0 aliphatic heterocycles. The lowest BCUT2D eigenvalue weighted by atomic mass is 9.92. The number of nitro groups is 1. The molecule has 0 aliphatic rings. The van der Waals surface area contributed by atoms with Crippen molar-refractivity contribution in [3.05, 3.63) is 27.9 Å². The van der Waals surface area contributed by atoms with Crippen LogP contribution in [0.5, 0.6) is 0 Å². The Morgan fingerprint density at radius 2 is 2.20 bits per heavy atom. The van der Waals surface area contributed by atoms with Gasteiger partial charge in [-0.1, -0.05) is 0 Å². The van der Waals surface area contributed by atoms with Gasteiger partial charge in [-0.15, -0.1) is 0 Å². The number of carbonyl (C=O) groups is 1. The van der Waals surface area contributed by atoms with E-state index in [2.05, 4.69) is 15.6 Å². The highest BCUT2D eigenvalue weighted by atomic mass is 16.6. The van der Waals surface area contributed by atoms with E-state index < -0.39 is 10.3 Å². The SMILES string of the molecule is CNC(=O)C(C)(C)CNc1ccc([N+](=O)[O-])c(C#N)n1. The number of carbonyl (C=O) groups excluding carboxylic acids is 1. The van der Waals surface area contributed by atoms with Crippen LogP contribution in [0.15, 0.2) is 12.1 Å². The summed E-state index contributed by atoms with van der Waals surface area (Å²) in [6, 6.07) is 4.29. The number of hydrogen-bond acceptors (Lipinski definition) is 6. The first-order valence-corrected chi connectivity index (χ1v) is 5.83. The molecule has 106 valence electrons. The number of rotatable bonds is 5. The maximum absolute atomic E-state index is 11.6. The molecule has 8 heteroatoms. The number of nitrogens with one attached hydrogen (secondary N) is 2. The van der Waals surface area contributed by atoms with Gasteiger partial charge in [0.05, 0.1) is 10.3 Å². The molecule has 8 nitrogen and oxygen atoms in total. The highest BCUT2D eigenvalue weighted by Gasteiger charge is 2.26. The van der Waals surface area contributed by atoms with Crippen LogP contribution in [-0.4, -0.2) is 29.4 Å². The van der Waals surface area contributed by atoms with Gasteiger partial charge in [-0.05, 0) is 19.9 Å². The second kappa shape index (κ2) is 5.97. The first kappa shape index (κ1) is 15.4. The standard InChI is InChI=1S/C12H15N5O3/c1-12(2,11(18)14-3)7-15-10-5-4-9(17(19)20)8(6-13)16-10/h4-5H,7H2,1-3H3,(H,14,18)(H,15,16). The monoisotopic (exact) mass is 277 g/mol. The molecule has 0 saturated heterocycles. The van der Waals surface area contributed by atoms with Crippen LogP contribution in [0.2, 0.25) is 0 Å². The third-order valence-electron chi connectivity index (χ3n) is 2.73. The predicted octanol–water partition coefficient (Wildman–Crippen LogP) is 1.05. The summed E-state index contributed by atoms with van der Waals surface area (Å²) in [5, 5.41) is 25.0. The van der Waals surface area contributed by atoms with Crippen LogP contribution < -0.4 is 10.6 Å². The molecule has 0 atom stereocenters. The van der Waals surface area contributed by atoms with Crippen LogP contribution in [0.1, 0.15) is 19.5 Å². The molecule has 0 saturated carbocycles. The Balaban J connectivity index is 2.88. The molecule has 0 aromatic carbocycles. The van der Waals surface area contributed by atoms with E-state index in [4.69, 9.17) is 5.26 Å². The quantitative estimate of drug-likeness (QED) is 0.612. The molecule has 20 heavy (non-hydrogen) atoms. The smallest absolute Gasteiger partial charge is 0.305 e. The number of pyridine rings is 1. The molecule has 0 spiro atoms. The van der Waals surface area contributed by atoms with Gasteiger partial charge in [0.1, 0.15) is 11.9 Å². The van der Waals surface area contributed by atoms with Crippen molar-refractivity contribution in [1.29, 1.82) is 5.26 Å². The van der Waals surface area contributed by atoms with E-state index in [0.29, 0.717) is 5.82 Å². The average Bonchev–Trinajstić information content (AvgIpc) is 2.43. The minimum atomic E-state index is -0.676. The molecular weight excluding hydrogens is 262 g/mol. The summed E-state index contributed by atoms with van der Waals surface area (Å²) in [5.74, 6) is 0.163. The van der Waals surface area contributed by atoms with Gasteiger partial charge in [-0.3, -0.25) is 14.9 Å². The molecule has 1 heterocycles. The minimum absolute atomic E-state index is 0.146. The Kier molecular flexibility index (Phi) is 4.59. The van der Waals surface area contributed by atoms with Gasteiger partial charge in [0.2, 0.25) is 11.6 Å². The zero-order valence-corrected chi connectivity index (χ0v) is 11.4. The fraction of sp³-hybridized carbons (Fsp3) is 0.417. The fourth-order valence-electron chi connectivity index (χ4n) is 1.51. The van der Waals surface area contributed by atoms with Gasteiger partial charge in [0.25, 0.3) is 0 Å². The summed E-state index contributed by atoms with van der Waals surface area (Å²) in [6.45, 7) is 3.77. The van der Waals surface area contributed by atoms with Gasteiger partial charge in [0, 0.05) is 19.7 Å². The summed E-state index contributed by atoms with van der Waals surface area (Å²) < 4.78 is 0. The van der Waals surface area contributed by atoms with E-state index in [0.717, 1.165) is 0 Å². The van der Waals surface area contributed by atoms with E-state index >= 15 is 0 Å². The molecule has 0 fully saturated rings. The van der Waals surface area contributed by atoms with Gasteiger partial charge in [-0.2, -0.15) is 5.26 Å². The van der Waals surface area contributed by atoms with E-state index in [9.17, 15) is 14.9 Å². The average molecular weight is 277 g/mol. The summed E-state index contributed by atoms with van der Waals surface area (Å²) in [5.41, 5.74) is -1.29. The third kappa shape index (κ3) is 3.41. The minimum Gasteiger partial charge on any atom is -0.369 e. The lowest BCUT2D eigenvalue weighted by Crippen LogP contribution is -2.39. The zero-order valence-electron chi connectivity index (χ0n) is 11.4. The summed E-state index contributed by atoms with van der Waals surface area (Å²) in [4.78, 5) is 25.5. The zero-order chi connectivity index (χ0) is 15.3. The normalized spacial score (nSPS) is 10.5. The molecule has 0 bridgehead atoms. The summed E-state index contributed by atoms with van der Waals surface area (Å²) >= 11 is 0. The maximum Gasteiger partial charge on any atom is 0.305 e. The van der Waals surface area contributed by atoms with Gasteiger partial charge < -0.3 is 10.6 Å². The first-order valence-electron chi connectivity index (χ1n) is 5.83. The second-order valence-electron chi connectivity index (χ2n) is 4.75. The van der Waals surface area contributed by atoms with Crippen molar-refractivity contribution >= 4 is 17.4 Å². The van der Waals surface area contributed by atoms with Crippen LogP contribution in [0, 0.1) is 26.9 Å². The van der Waals surface area contributed by atoms with Gasteiger partial charge in [0.15, 0.2) is 0 Å². The number of nitriles is 1. The Morgan fingerprint density at radius 1 is 1.55 bits per heavy atom. The molecule has 2 N–H and O–H groups in total. The number of aromatic nitrogens is 1. The number of anilines is 1. The Bertz CT molecular complexity index is 577. The number of amides is 1. The van der Waals surface area contributed by atoms with Crippen molar-refractivity contribution in [3.8, 4) is 6.07 Å². The molecule has 1 rings (SSSR count). The summed E-state index contributed by atoms with van der Waals surface area (Å²) in [7, 11) is 1.54. The van der Waals surface area contributed by atoms with Crippen LogP contribution in [0.25, 0.3) is 0 Å². The van der Waals surface area contributed by atoms with Crippen molar-refractivity contribution in [2.45, 2.75) is 13.8 Å². The van der Waals surface area contributed by atoms with Crippen LogP contribution in [0.3, 0.4) is 0 Å². The van der Waals surface area contributed by atoms with Crippen molar-refractivity contribution < 1.29 is 9.72 Å². The number of nitrogens with zero attached hydrogens (tertiary/aromatic N) is 3. The maximum atomic E-state index is 11.6. The topological polar surface area (TPSA) is 121 Å². The summed E-state index contributed by atoms with van der Waals surface area (Å²) in [6.07, 6.45) is 0. The highest BCUT2D eigenvalue weighted by molar-refractivity contribution is 5.82. The van der Waals surface area contributed by atoms with Crippen LogP contribution in [-0.2, 0) is 4.79 Å². The van der Waals surface area contributed by atoms with Gasteiger partial charge >= 0.3 is 5.69 Å². The van der Waals surface area contributed by atoms with Gasteiger partial charge in [-0.25, -0.2) is 4.98 Å². The molecular formula is C12H15N5O3. The van der Waals surface area contributed by atoms with Crippen molar-refractivity contribution in [2.75, 3.05) is 18.9 Å². The molecule has 0 aliphatic carbocycles. The second-order valence-corrected chi connectivity index (χ2v) is 4.75. The van der Waals surface area contributed by atoms with E-state index in [-0.39, 0.29) is 23.8 Å². The highest BCUT2D eigenvalue weighted by Crippen LogP contribution is 2.20. The lowest BCUT2D eigenvalue weighted by molar-refractivity contribution is -0.385. The van der Waals surface area contributed by atoms with E-state index in [1.165, 1.54) is 12.1 Å². The molecule has 1 amide bonds. The van der Waals surface area contributed by atoms with E-state index in [1.54, 1.807) is 27.0 Å². The third-order valence-corrected chi connectivity index (χ3v) is 2.73. The number of hydrogen-bond donors (Lipinski definition) is 2. The molecule has 0 unspecified atom stereocenters. The van der Waals surface area contributed by atoms with Crippen LogP contribution >= 0.6 is 0 Å². The first-order chi connectivity index (χ1) is 9.31. The Labute approximate surface area is 116 Å². The predicted molar refractivity (Wildman–Crippen MR) is 71.9 cm³/mol. The Hall–Kier alpha value is -2.69. The van der Waals surface area contributed by atoms with E-state index in [1.807, 2.05) is 0 Å². The largest absolute Gasteiger partial charge is 0.369 e. The van der Waals surface area contributed by atoms with Crippen molar-refractivity contribution in [2.24, 2.45) is 5.41 Å². The Morgan fingerprint density at radius 3 is 2.70 bits per heavy atom. The fourth-order valence-corrected chi connectivity index (χ4v) is 1.51. The lowest BCUT2D eigenvalue weighted by Gasteiger charge is -2.23. The molecule has 1 aromatic heterocycles. The van der Waals surface area contributed by atoms with Crippen molar-refractivity contribution in [3.63, 3.8) is 0 Å².